The fraction of sp³-hybridized carbons (Fsp3) is 0.222. The second kappa shape index (κ2) is 7.01. The van der Waals surface area contributed by atoms with Crippen LogP contribution in [0.2, 0.25) is 5.15 Å². The van der Waals surface area contributed by atoms with E-state index in [0.29, 0.717) is 29.7 Å². The fourth-order valence-electron chi connectivity index (χ4n) is 2.75. The average Bonchev–Trinajstić information content (AvgIpc) is 3.20. The highest BCUT2D eigenvalue weighted by molar-refractivity contribution is 7.15. The summed E-state index contributed by atoms with van der Waals surface area (Å²) in [6.07, 6.45) is 4.83. The minimum Gasteiger partial charge on any atom is -0.486 e. The number of aromatic nitrogens is 2. The van der Waals surface area contributed by atoms with Gasteiger partial charge < -0.3 is 14.4 Å². The maximum absolute atomic E-state index is 12.4. The first kappa shape index (κ1) is 16.9. The summed E-state index contributed by atoms with van der Waals surface area (Å²) in [5.41, 5.74) is 0.691. The molecule has 0 fully saturated rings. The van der Waals surface area contributed by atoms with Crippen LogP contribution in [0.15, 0.2) is 41.9 Å². The van der Waals surface area contributed by atoms with Gasteiger partial charge in [-0.1, -0.05) is 23.7 Å². The molecule has 6 nitrogen and oxygen atoms in total. The molecule has 3 aromatic rings. The highest BCUT2D eigenvalue weighted by Gasteiger charge is 2.23. The molecule has 134 valence electrons. The van der Waals surface area contributed by atoms with Crippen molar-refractivity contribution >= 4 is 39.9 Å². The lowest BCUT2D eigenvalue weighted by Gasteiger charge is -2.29. The molecule has 0 N–H and O–H groups in total. The molecule has 3 heterocycles. The topological polar surface area (TPSA) is 56.1 Å². The van der Waals surface area contributed by atoms with Crippen molar-refractivity contribution in [1.82, 2.24) is 14.3 Å². The molecule has 1 unspecified atom stereocenters. The zero-order valence-electron chi connectivity index (χ0n) is 14.0. The van der Waals surface area contributed by atoms with E-state index in [2.05, 4.69) is 4.98 Å². The predicted molar refractivity (Wildman–Crippen MR) is 101 cm³/mol. The van der Waals surface area contributed by atoms with Crippen LogP contribution in [-0.2, 0) is 4.79 Å². The maximum Gasteiger partial charge on any atom is 0.246 e. The zero-order chi connectivity index (χ0) is 18.1. The van der Waals surface area contributed by atoms with Gasteiger partial charge in [0, 0.05) is 24.7 Å². The number of carbonyl (C=O) groups is 1. The van der Waals surface area contributed by atoms with Gasteiger partial charge in [-0.3, -0.25) is 9.20 Å². The highest BCUT2D eigenvalue weighted by atomic mass is 35.5. The Kier molecular flexibility index (Phi) is 4.57. The molecule has 1 atom stereocenters. The van der Waals surface area contributed by atoms with Crippen LogP contribution in [0, 0.1) is 0 Å². The SMILES string of the molecule is CN(CC1COc2ccccc2O1)C(=O)/C=C/c1c(Cl)nc2sccn12. The number of thiazole rings is 1. The van der Waals surface area contributed by atoms with Gasteiger partial charge in [0.1, 0.15) is 6.61 Å². The summed E-state index contributed by atoms with van der Waals surface area (Å²) in [6.45, 7) is 0.827. The van der Waals surface area contributed by atoms with E-state index in [9.17, 15) is 4.79 Å². The molecule has 2 aromatic heterocycles. The van der Waals surface area contributed by atoms with E-state index in [1.165, 1.54) is 17.4 Å². The number of carbonyl (C=O) groups excluding carboxylic acids is 1. The van der Waals surface area contributed by atoms with Crippen LogP contribution in [-0.4, -0.2) is 46.5 Å². The summed E-state index contributed by atoms with van der Waals surface area (Å²) < 4.78 is 13.4. The summed E-state index contributed by atoms with van der Waals surface area (Å²) in [5, 5.41) is 2.30. The molecule has 1 aliphatic rings. The summed E-state index contributed by atoms with van der Waals surface area (Å²) in [6, 6.07) is 7.51. The van der Waals surface area contributed by atoms with E-state index in [4.69, 9.17) is 21.1 Å². The predicted octanol–water partition coefficient (Wildman–Crippen LogP) is 3.36. The van der Waals surface area contributed by atoms with Crippen molar-refractivity contribution in [3.63, 3.8) is 0 Å². The minimum absolute atomic E-state index is 0.145. The van der Waals surface area contributed by atoms with E-state index in [-0.39, 0.29) is 12.0 Å². The first-order valence-corrected chi connectivity index (χ1v) is 9.30. The van der Waals surface area contributed by atoms with Crippen LogP contribution < -0.4 is 9.47 Å². The Hall–Kier alpha value is -2.51. The molecule has 0 bridgehead atoms. The standard InChI is InChI=1S/C18H16ClN3O3S/c1-21(10-12-11-24-14-4-2-3-5-15(14)25-12)16(23)7-6-13-17(19)20-18-22(13)8-9-26-18/h2-9,12H,10-11H2,1H3/b7-6+. The number of hydrogen-bond acceptors (Lipinski definition) is 5. The third-order valence-corrected chi connectivity index (χ3v) is 5.09. The highest BCUT2D eigenvalue weighted by Crippen LogP contribution is 2.31. The Bertz CT molecular complexity index is 981. The van der Waals surface area contributed by atoms with Crippen molar-refractivity contribution < 1.29 is 14.3 Å². The lowest BCUT2D eigenvalue weighted by atomic mass is 10.2. The van der Waals surface area contributed by atoms with Gasteiger partial charge in [0.05, 0.1) is 12.2 Å². The van der Waals surface area contributed by atoms with Gasteiger partial charge in [-0.15, -0.1) is 11.3 Å². The number of amides is 1. The van der Waals surface area contributed by atoms with Crippen molar-refractivity contribution in [2.24, 2.45) is 0 Å². The average molecular weight is 390 g/mol. The molecule has 26 heavy (non-hydrogen) atoms. The van der Waals surface area contributed by atoms with Crippen LogP contribution in [0.3, 0.4) is 0 Å². The zero-order valence-corrected chi connectivity index (χ0v) is 15.5. The third-order valence-electron chi connectivity index (χ3n) is 4.06. The molecule has 0 saturated heterocycles. The lowest BCUT2D eigenvalue weighted by Crippen LogP contribution is -2.41. The Morgan fingerprint density at radius 3 is 3.12 bits per heavy atom. The smallest absolute Gasteiger partial charge is 0.246 e. The van der Waals surface area contributed by atoms with E-state index in [1.54, 1.807) is 18.0 Å². The summed E-state index contributed by atoms with van der Waals surface area (Å²) >= 11 is 7.63. The number of imidazole rings is 1. The number of para-hydroxylation sites is 2. The van der Waals surface area contributed by atoms with Crippen LogP contribution in [0.5, 0.6) is 11.5 Å². The van der Waals surface area contributed by atoms with Gasteiger partial charge >= 0.3 is 0 Å². The van der Waals surface area contributed by atoms with Gasteiger partial charge in [0.25, 0.3) is 0 Å². The number of nitrogens with zero attached hydrogens (tertiary/aromatic N) is 3. The number of rotatable bonds is 4. The van der Waals surface area contributed by atoms with Gasteiger partial charge in [-0.05, 0) is 18.2 Å². The second-order valence-electron chi connectivity index (χ2n) is 5.89. The molecule has 1 amide bonds. The Morgan fingerprint density at radius 1 is 1.46 bits per heavy atom. The summed E-state index contributed by atoms with van der Waals surface area (Å²) in [7, 11) is 1.73. The molecule has 0 spiro atoms. The number of benzene rings is 1. The number of fused-ring (bicyclic) bond motifs is 2. The molecule has 1 aliphatic heterocycles. The largest absolute Gasteiger partial charge is 0.486 e. The quantitative estimate of drug-likeness (QED) is 0.642. The summed E-state index contributed by atoms with van der Waals surface area (Å²) in [4.78, 5) is 19.0. The van der Waals surface area contributed by atoms with Crippen LogP contribution >= 0.6 is 22.9 Å². The fourth-order valence-corrected chi connectivity index (χ4v) is 3.76. The van der Waals surface area contributed by atoms with E-state index >= 15 is 0 Å². The molecular formula is C18H16ClN3O3S. The number of halogens is 1. The van der Waals surface area contributed by atoms with Crippen molar-refractivity contribution in [2.75, 3.05) is 20.2 Å². The number of hydrogen-bond donors (Lipinski definition) is 0. The first-order valence-electron chi connectivity index (χ1n) is 8.04. The molecule has 8 heteroatoms. The van der Waals surface area contributed by atoms with Crippen LogP contribution in [0.25, 0.3) is 11.0 Å². The summed E-state index contributed by atoms with van der Waals surface area (Å²) in [5.74, 6) is 1.28. The van der Waals surface area contributed by atoms with Crippen LogP contribution in [0.1, 0.15) is 5.69 Å². The van der Waals surface area contributed by atoms with Gasteiger partial charge in [-0.2, -0.15) is 0 Å². The monoisotopic (exact) mass is 389 g/mol. The number of ether oxygens (including phenoxy) is 2. The molecule has 1 aromatic carbocycles. The second-order valence-corrected chi connectivity index (χ2v) is 7.12. The van der Waals surface area contributed by atoms with Gasteiger partial charge in [-0.25, -0.2) is 4.98 Å². The van der Waals surface area contributed by atoms with E-state index in [0.717, 1.165) is 10.7 Å². The van der Waals surface area contributed by atoms with Gasteiger partial charge in [0.15, 0.2) is 27.7 Å². The number of likely N-dealkylation sites (N-methyl/N-ethyl adjacent to an activating group) is 1. The molecule has 0 saturated carbocycles. The van der Waals surface area contributed by atoms with Crippen molar-refractivity contribution in [3.8, 4) is 11.5 Å². The lowest BCUT2D eigenvalue weighted by molar-refractivity contribution is -0.126. The van der Waals surface area contributed by atoms with Crippen molar-refractivity contribution in [2.45, 2.75) is 6.10 Å². The molecule has 0 radical (unpaired) electrons. The van der Waals surface area contributed by atoms with Crippen molar-refractivity contribution in [1.29, 1.82) is 0 Å². The maximum atomic E-state index is 12.4. The minimum atomic E-state index is -0.214. The third kappa shape index (κ3) is 3.27. The Balaban J connectivity index is 1.41. The first-order chi connectivity index (χ1) is 12.6. The van der Waals surface area contributed by atoms with E-state index in [1.807, 2.05) is 40.2 Å². The molecule has 0 aliphatic carbocycles. The molecular weight excluding hydrogens is 374 g/mol. The van der Waals surface area contributed by atoms with Gasteiger partial charge in [0.2, 0.25) is 5.91 Å². The molecule has 4 rings (SSSR count). The Labute approximate surface area is 159 Å². The Morgan fingerprint density at radius 2 is 2.27 bits per heavy atom. The normalized spacial score (nSPS) is 16.3. The van der Waals surface area contributed by atoms with Crippen molar-refractivity contribution in [3.05, 3.63) is 52.8 Å². The van der Waals surface area contributed by atoms with E-state index < -0.39 is 0 Å². The van der Waals surface area contributed by atoms with Crippen LogP contribution in [0.4, 0.5) is 0 Å².